The van der Waals surface area contributed by atoms with Crippen LogP contribution in [0.5, 0.6) is 0 Å². The molecule has 0 radical (unpaired) electrons. The third-order valence-electron chi connectivity index (χ3n) is 4.36. The van der Waals surface area contributed by atoms with E-state index >= 15 is 0 Å². The molecule has 0 spiro atoms. The number of halogens is 3. The van der Waals surface area contributed by atoms with Crippen LogP contribution in [-0.4, -0.2) is 18.3 Å². The number of amidine groups is 1. The van der Waals surface area contributed by atoms with Crippen molar-refractivity contribution >= 4 is 17.3 Å². The van der Waals surface area contributed by atoms with Gasteiger partial charge in [0.2, 0.25) is 0 Å². The van der Waals surface area contributed by atoms with Gasteiger partial charge in [0.05, 0.1) is 12.1 Å². The van der Waals surface area contributed by atoms with Crippen molar-refractivity contribution in [3.05, 3.63) is 76.4 Å². The van der Waals surface area contributed by atoms with E-state index in [1.807, 2.05) is 6.08 Å². The number of aryl methyl sites for hydroxylation is 1. The Morgan fingerprint density at radius 2 is 1.93 bits per heavy atom. The Balaban J connectivity index is 2.04. The molecule has 7 heteroatoms. The molecule has 3 rings (SSSR count). The summed E-state index contributed by atoms with van der Waals surface area (Å²) >= 11 is 0. The van der Waals surface area contributed by atoms with Crippen molar-refractivity contribution in [2.45, 2.75) is 19.0 Å². The van der Waals surface area contributed by atoms with Gasteiger partial charge in [0, 0.05) is 5.56 Å². The number of nitrogens with two attached hydrogens (primary N) is 2. The van der Waals surface area contributed by atoms with Crippen molar-refractivity contribution in [3.63, 3.8) is 0 Å². The average Bonchev–Trinajstić information content (AvgIpc) is 2.66. The number of hydrogen-bond donors (Lipinski definition) is 2. The Labute approximate surface area is 154 Å². The van der Waals surface area contributed by atoms with Gasteiger partial charge in [0.1, 0.15) is 5.84 Å². The van der Waals surface area contributed by atoms with Crippen LogP contribution in [0.25, 0.3) is 5.57 Å². The van der Waals surface area contributed by atoms with E-state index in [9.17, 15) is 18.0 Å². The van der Waals surface area contributed by atoms with E-state index in [4.69, 9.17) is 11.5 Å². The molecule has 0 saturated carbocycles. The lowest BCUT2D eigenvalue weighted by molar-refractivity contribution is -0.137. The van der Waals surface area contributed by atoms with Crippen LogP contribution >= 0.6 is 0 Å². The van der Waals surface area contributed by atoms with Crippen molar-refractivity contribution in [1.29, 1.82) is 0 Å². The minimum Gasteiger partial charge on any atom is -0.386 e. The highest BCUT2D eigenvalue weighted by Crippen LogP contribution is 2.36. The summed E-state index contributed by atoms with van der Waals surface area (Å²) < 4.78 is 39.2. The highest BCUT2D eigenvalue weighted by Gasteiger charge is 2.31. The zero-order chi connectivity index (χ0) is 19.6. The van der Waals surface area contributed by atoms with Crippen LogP contribution in [0.2, 0.25) is 0 Å². The molecule has 1 aliphatic rings. The molecule has 4 N–H and O–H groups in total. The van der Waals surface area contributed by atoms with Gasteiger partial charge in [-0.2, -0.15) is 18.2 Å². The van der Waals surface area contributed by atoms with Crippen molar-refractivity contribution in [1.82, 2.24) is 0 Å². The smallest absolute Gasteiger partial charge is 0.386 e. The lowest BCUT2D eigenvalue weighted by Crippen LogP contribution is -2.24. The Bertz CT molecular complexity index is 946. The number of amides is 1. The Morgan fingerprint density at radius 3 is 2.63 bits per heavy atom. The number of benzene rings is 2. The van der Waals surface area contributed by atoms with E-state index in [1.165, 1.54) is 6.07 Å². The third-order valence-corrected chi connectivity index (χ3v) is 4.36. The number of carbonyl (C=O) groups is 1. The first-order valence-corrected chi connectivity index (χ1v) is 8.38. The summed E-state index contributed by atoms with van der Waals surface area (Å²) in [6.45, 7) is -0.0356. The van der Waals surface area contributed by atoms with Crippen LogP contribution in [0.15, 0.2) is 53.5 Å². The van der Waals surface area contributed by atoms with Gasteiger partial charge >= 0.3 is 6.18 Å². The molecule has 0 fully saturated rings. The summed E-state index contributed by atoms with van der Waals surface area (Å²) in [6, 6.07) is 10.3. The number of carbonyl (C=O) groups excluding carboxylic acids is 1. The minimum absolute atomic E-state index is 0.0198. The Morgan fingerprint density at radius 1 is 1.15 bits per heavy atom. The number of nitrogens with zero attached hydrogens (tertiary/aromatic N) is 1. The van der Waals surface area contributed by atoms with E-state index in [0.717, 1.165) is 29.7 Å². The molecule has 0 bridgehead atoms. The number of aliphatic imine (C=N–C) groups is 1. The molecule has 1 aliphatic carbocycles. The highest BCUT2D eigenvalue weighted by atomic mass is 19.4. The average molecular weight is 373 g/mol. The number of fused-ring (bicyclic) bond motifs is 1. The molecule has 0 aromatic heterocycles. The van der Waals surface area contributed by atoms with Gasteiger partial charge in [-0.05, 0) is 59.4 Å². The predicted octanol–water partition coefficient (Wildman–Crippen LogP) is 3.54. The molecule has 2 aromatic rings. The first kappa shape index (κ1) is 18.8. The van der Waals surface area contributed by atoms with Gasteiger partial charge in [-0.25, -0.2) is 0 Å². The molecular weight excluding hydrogens is 355 g/mol. The fraction of sp³-hybridized carbons (Fsp3) is 0.200. The minimum atomic E-state index is -4.42. The molecule has 0 unspecified atom stereocenters. The van der Waals surface area contributed by atoms with Gasteiger partial charge in [0.15, 0.2) is 0 Å². The number of alkyl halides is 3. The third kappa shape index (κ3) is 4.09. The largest absolute Gasteiger partial charge is 0.416 e. The molecule has 27 heavy (non-hydrogen) atoms. The van der Waals surface area contributed by atoms with E-state index in [-0.39, 0.29) is 12.4 Å². The van der Waals surface area contributed by atoms with Crippen LogP contribution in [0.1, 0.15) is 39.0 Å². The van der Waals surface area contributed by atoms with Crippen molar-refractivity contribution in [3.8, 4) is 0 Å². The fourth-order valence-corrected chi connectivity index (χ4v) is 3.04. The summed E-state index contributed by atoms with van der Waals surface area (Å²) in [6.07, 6.45) is -1.06. The molecule has 0 heterocycles. The predicted molar refractivity (Wildman–Crippen MR) is 98.3 cm³/mol. The van der Waals surface area contributed by atoms with Gasteiger partial charge in [-0.3, -0.25) is 4.79 Å². The second-order valence-electron chi connectivity index (χ2n) is 6.22. The molecule has 1 amide bonds. The van der Waals surface area contributed by atoms with Crippen LogP contribution in [0, 0.1) is 0 Å². The topological polar surface area (TPSA) is 81.5 Å². The van der Waals surface area contributed by atoms with E-state index in [1.54, 1.807) is 24.3 Å². The zero-order valence-electron chi connectivity index (χ0n) is 14.4. The molecule has 2 aromatic carbocycles. The van der Waals surface area contributed by atoms with Gasteiger partial charge in [-0.1, -0.05) is 24.3 Å². The highest BCUT2D eigenvalue weighted by molar-refractivity contribution is 6.04. The molecule has 0 saturated heterocycles. The van der Waals surface area contributed by atoms with E-state index in [0.29, 0.717) is 23.1 Å². The lowest BCUT2D eigenvalue weighted by atomic mass is 9.85. The number of allylic oxidation sites excluding steroid dienone is 1. The normalized spacial score (nSPS) is 14.5. The summed E-state index contributed by atoms with van der Waals surface area (Å²) in [7, 11) is 0. The van der Waals surface area contributed by atoms with E-state index in [2.05, 4.69) is 4.99 Å². The molecule has 0 atom stereocenters. The van der Waals surface area contributed by atoms with Crippen molar-refractivity contribution in [2.24, 2.45) is 16.5 Å². The van der Waals surface area contributed by atoms with Crippen molar-refractivity contribution in [2.75, 3.05) is 6.54 Å². The first-order chi connectivity index (χ1) is 12.8. The lowest BCUT2D eigenvalue weighted by Gasteiger charge is -2.20. The van der Waals surface area contributed by atoms with Gasteiger partial charge in [0.25, 0.3) is 5.91 Å². The maximum Gasteiger partial charge on any atom is 0.416 e. The summed E-state index contributed by atoms with van der Waals surface area (Å²) in [5.41, 5.74) is 13.3. The molecule has 4 nitrogen and oxygen atoms in total. The number of rotatable bonds is 3. The Hall–Kier alpha value is -2.93. The van der Waals surface area contributed by atoms with Crippen LogP contribution < -0.4 is 11.5 Å². The summed E-state index contributed by atoms with van der Waals surface area (Å²) in [4.78, 5) is 16.0. The van der Waals surface area contributed by atoms with Gasteiger partial charge < -0.3 is 11.5 Å². The van der Waals surface area contributed by atoms with Crippen molar-refractivity contribution < 1.29 is 18.0 Å². The van der Waals surface area contributed by atoms with Gasteiger partial charge in [-0.15, -0.1) is 0 Å². The summed E-state index contributed by atoms with van der Waals surface area (Å²) in [5, 5.41) is 0. The SMILES string of the molecule is NCC(N)=NC(=O)c1ccc2c(c1)C(c1cccc(C(F)(F)F)c1)=CCC2. The molecular formula is C20H18F3N3O. The Kier molecular flexibility index (Phi) is 5.14. The second kappa shape index (κ2) is 7.36. The van der Waals surface area contributed by atoms with Crippen LogP contribution in [-0.2, 0) is 12.6 Å². The maximum atomic E-state index is 13.1. The van der Waals surface area contributed by atoms with E-state index < -0.39 is 17.6 Å². The maximum absolute atomic E-state index is 13.1. The van der Waals surface area contributed by atoms with Crippen LogP contribution in [0.3, 0.4) is 0 Å². The first-order valence-electron chi connectivity index (χ1n) is 8.38. The standard InChI is InChI=1S/C20H18F3N3O/c21-20(22,23)15-5-1-4-13(9-15)16-6-2-3-12-7-8-14(10-17(12)16)19(27)26-18(25)11-24/h1,4-10H,2-3,11,24H2,(H2,25,26,27). The number of hydrogen-bond acceptors (Lipinski definition) is 2. The summed E-state index contributed by atoms with van der Waals surface area (Å²) in [5.74, 6) is -0.513. The molecule has 140 valence electrons. The quantitative estimate of drug-likeness (QED) is 0.638. The van der Waals surface area contributed by atoms with Crippen LogP contribution in [0.4, 0.5) is 13.2 Å². The molecule has 0 aliphatic heterocycles. The fourth-order valence-electron chi connectivity index (χ4n) is 3.04. The zero-order valence-corrected chi connectivity index (χ0v) is 14.4. The monoisotopic (exact) mass is 373 g/mol. The second-order valence-corrected chi connectivity index (χ2v) is 6.22.